The molecular formula is C16H19F2NO. The molecule has 1 aromatic rings. The molecule has 0 saturated heterocycles. The van der Waals surface area contributed by atoms with Crippen molar-refractivity contribution >= 4 is 0 Å². The Bertz CT molecular complexity index is 503. The average Bonchev–Trinajstić information content (AvgIpc) is 2.76. The molecule has 0 aromatic heterocycles. The molecule has 1 fully saturated rings. The van der Waals surface area contributed by atoms with E-state index in [4.69, 9.17) is 0 Å². The highest BCUT2D eigenvalue weighted by molar-refractivity contribution is 5.30. The average molecular weight is 279 g/mol. The van der Waals surface area contributed by atoms with Crippen molar-refractivity contribution < 1.29 is 13.5 Å². The molecule has 0 heterocycles. The summed E-state index contributed by atoms with van der Waals surface area (Å²) in [5, 5.41) is 3.59. The van der Waals surface area contributed by atoms with E-state index in [1.807, 2.05) is 6.07 Å². The molecule has 1 saturated carbocycles. The molecule has 2 aliphatic rings. The van der Waals surface area contributed by atoms with Crippen LogP contribution in [0.4, 0.5) is 8.78 Å². The fraction of sp³-hybridized carbons (Fsp3) is 0.500. The van der Waals surface area contributed by atoms with E-state index >= 15 is 0 Å². The van der Waals surface area contributed by atoms with E-state index in [0.29, 0.717) is 12.0 Å². The minimum absolute atomic E-state index is 0.135. The number of hydrogen-bond donors (Lipinski definition) is 1. The first kappa shape index (κ1) is 13.6. The third-order valence-corrected chi connectivity index (χ3v) is 4.41. The number of fused-ring (bicyclic) bond motifs is 1. The number of hydrogen-bond acceptors (Lipinski definition) is 2. The summed E-state index contributed by atoms with van der Waals surface area (Å²) in [7, 11) is 0. The monoisotopic (exact) mass is 279 g/mol. The number of nitrogens with one attached hydrogen (secondary N) is 1. The third-order valence-electron chi connectivity index (χ3n) is 4.41. The molecule has 20 heavy (non-hydrogen) atoms. The number of rotatable bonds is 5. The van der Waals surface area contributed by atoms with Crippen molar-refractivity contribution in [2.75, 3.05) is 0 Å². The highest BCUT2D eigenvalue weighted by Gasteiger charge is 2.41. The van der Waals surface area contributed by atoms with Gasteiger partial charge in [-0.05, 0) is 49.3 Å². The summed E-state index contributed by atoms with van der Waals surface area (Å²) in [5.41, 5.74) is 0.980. The van der Waals surface area contributed by atoms with Gasteiger partial charge in [0.15, 0.2) is 0 Å². The summed E-state index contributed by atoms with van der Waals surface area (Å²) in [4.78, 5) is 0. The lowest BCUT2D eigenvalue weighted by atomic mass is 9.71. The van der Waals surface area contributed by atoms with Crippen molar-refractivity contribution in [3.8, 4) is 5.75 Å². The van der Waals surface area contributed by atoms with Gasteiger partial charge in [0, 0.05) is 12.1 Å². The van der Waals surface area contributed by atoms with Crippen LogP contribution in [0.1, 0.15) is 31.4 Å². The predicted octanol–water partition coefficient (Wildman–Crippen LogP) is 3.90. The second-order valence-corrected chi connectivity index (χ2v) is 5.68. The predicted molar refractivity (Wildman–Crippen MR) is 73.8 cm³/mol. The zero-order valence-electron chi connectivity index (χ0n) is 11.4. The van der Waals surface area contributed by atoms with E-state index < -0.39 is 6.61 Å². The van der Waals surface area contributed by atoms with Gasteiger partial charge < -0.3 is 10.1 Å². The molecule has 2 nitrogen and oxygen atoms in total. The van der Waals surface area contributed by atoms with Crippen LogP contribution >= 0.6 is 0 Å². The number of allylic oxidation sites excluding steroid dienone is 1. The molecular weight excluding hydrogens is 260 g/mol. The van der Waals surface area contributed by atoms with Crippen molar-refractivity contribution in [3.05, 3.63) is 42.0 Å². The first-order valence-electron chi connectivity index (χ1n) is 7.11. The fourth-order valence-electron chi connectivity index (χ4n) is 3.28. The van der Waals surface area contributed by atoms with Gasteiger partial charge in [0.25, 0.3) is 0 Å². The van der Waals surface area contributed by atoms with Gasteiger partial charge in [-0.1, -0.05) is 24.3 Å². The SMILES string of the molecule is CC(NC1CC2CC=CC21)c1cccc(OC(F)F)c1. The van der Waals surface area contributed by atoms with Gasteiger partial charge in [0.2, 0.25) is 0 Å². The number of halogens is 2. The number of alkyl halides is 2. The van der Waals surface area contributed by atoms with Crippen LogP contribution in [-0.4, -0.2) is 12.7 Å². The number of ether oxygens (including phenoxy) is 1. The molecule has 4 unspecified atom stereocenters. The molecule has 4 heteroatoms. The largest absolute Gasteiger partial charge is 0.435 e. The molecule has 0 spiro atoms. The molecule has 0 amide bonds. The van der Waals surface area contributed by atoms with E-state index in [-0.39, 0.29) is 11.8 Å². The summed E-state index contributed by atoms with van der Waals surface area (Å²) in [6.45, 7) is -0.711. The summed E-state index contributed by atoms with van der Waals surface area (Å²) in [6, 6.07) is 7.58. The molecule has 0 bridgehead atoms. The molecule has 0 aliphatic heterocycles. The van der Waals surface area contributed by atoms with E-state index in [0.717, 1.165) is 11.5 Å². The topological polar surface area (TPSA) is 21.3 Å². The van der Waals surface area contributed by atoms with Gasteiger partial charge >= 0.3 is 6.61 Å². The normalized spacial score (nSPS) is 29.1. The first-order valence-corrected chi connectivity index (χ1v) is 7.11. The molecule has 3 rings (SSSR count). The van der Waals surface area contributed by atoms with Gasteiger partial charge in [0.1, 0.15) is 5.75 Å². The van der Waals surface area contributed by atoms with Crippen molar-refractivity contribution in [1.29, 1.82) is 0 Å². The molecule has 2 aliphatic carbocycles. The summed E-state index contributed by atoms with van der Waals surface area (Å²) in [5.74, 6) is 1.68. The summed E-state index contributed by atoms with van der Waals surface area (Å²) >= 11 is 0. The maximum absolute atomic E-state index is 12.2. The zero-order chi connectivity index (χ0) is 14.1. The van der Waals surface area contributed by atoms with Crippen LogP contribution < -0.4 is 10.1 Å². The zero-order valence-corrected chi connectivity index (χ0v) is 11.4. The van der Waals surface area contributed by atoms with Crippen LogP contribution in [0, 0.1) is 11.8 Å². The Kier molecular flexibility index (Phi) is 3.74. The van der Waals surface area contributed by atoms with Gasteiger partial charge in [0.05, 0.1) is 0 Å². The first-order chi connectivity index (χ1) is 9.63. The molecule has 108 valence electrons. The maximum atomic E-state index is 12.2. The van der Waals surface area contributed by atoms with E-state index in [1.165, 1.54) is 12.8 Å². The lowest BCUT2D eigenvalue weighted by Gasteiger charge is -2.42. The van der Waals surface area contributed by atoms with E-state index in [2.05, 4.69) is 29.1 Å². The third kappa shape index (κ3) is 2.70. The maximum Gasteiger partial charge on any atom is 0.387 e. The van der Waals surface area contributed by atoms with Crippen LogP contribution in [0.3, 0.4) is 0 Å². The highest BCUT2D eigenvalue weighted by Crippen LogP contribution is 2.43. The minimum Gasteiger partial charge on any atom is -0.435 e. The van der Waals surface area contributed by atoms with Gasteiger partial charge in [-0.25, -0.2) is 0 Å². The molecule has 4 atom stereocenters. The number of benzene rings is 1. The quantitative estimate of drug-likeness (QED) is 0.825. The molecule has 1 N–H and O–H groups in total. The van der Waals surface area contributed by atoms with Crippen molar-refractivity contribution in [2.45, 2.75) is 38.5 Å². The van der Waals surface area contributed by atoms with Crippen LogP contribution in [0.25, 0.3) is 0 Å². The Morgan fingerprint density at radius 3 is 2.95 bits per heavy atom. The molecule has 0 radical (unpaired) electrons. The van der Waals surface area contributed by atoms with Crippen molar-refractivity contribution in [3.63, 3.8) is 0 Å². The molecule has 1 aromatic carbocycles. The van der Waals surface area contributed by atoms with E-state index in [1.54, 1.807) is 18.2 Å². The Labute approximate surface area is 117 Å². The Hall–Kier alpha value is -1.42. The van der Waals surface area contributed by atoms with Crippen LogP contribution in [0.5, 0.6) is 5.75 Å². The summed E-state index contributed by atoms with van der Waals surface area (Å²) in [6.07, 6.45) is 6.97. The standard InChI is InChI=1S/C16H19F2NO/c1-10(19-15-9-12-5-3-7-14(12)15)11-4-2-6-13(8-11)20-16(17)18/h2-4,6-8,10,12,14-16,19H,5,9H2,1H3. The second-order valence-electron chi connectivity index (χ2n) is 5.68. The van der Waals surface area contributed by atoms with Crippen LogP contribution in [0.15, 0.2) is 36.4 Å². The Morgan fingerprint density at radius 1 is 1.35 bits per heavy atom. The van der Waals surface area contributed by atoms with Crippen molar-refractivity contribution in [2.24, 2.45) is 11.8 Å². The fourth-order valence-corrected chi connectivity index (χ4v) is 3.28. The smallest absolute Gasteiger partial charge is 0.387 e. The second kappa shape index (κ2) is 5.52. The van der Waals surface area contributed by atoms with Crippen molar-refractivity contribution in [1.82, 2.24) is 5.32 Å². The highest BCUT2D eigenvalue weighted by atomic mass is 19.3. The summed E-state index contributed by atoms with van der Waals surface area (Å²) < 4.78 is 28.9. The lowest BCUT2D eigenvalue weighted by Crippen LogP contribution is -2.48. The Balaban J connectivity index is 1.62. The van der Waals surface area contributed by atoms with Gasteiger partial charge in [-0.15, -0.1) is 0 Å². The Morgan fingerprint density at radius 2 is 2.20 bits per heavy atom. The van der Waals surface area contributed by atoms with Crippen LogP contribution in [-0.2, 0) is 0 Å². The van der Waals surface area contributed by atoms with E-state index in [9.17, 15) is 8.78 Å². The minimum atomic E-state index is -2.77. The lowest BCUT2D eigenvalue weighted by molar-refractivity contribution is -0.0499. The van der Waals surface area contributed by atoms with Gasteiger partial charge in [-0.2, -0.15) is 8.78 Å². The van der Waals surface area contributed by atoms with Gasteiger partial charge in [-0.3, -0.25) is 0 Å². The van der Waals surface area contributed by atoms with Crippen LogP contribution in [0.2, 0.25) is 0 Å².